The Morgan fingerprint density at radius 3 is 2.54 bits per heavy atom. The average molecular weight is 389 g/mol. The third-order valence-corrected chi connectivity index (χ3v) is 5.92. The van der Waals surface area contributed by atoms with Gasteiger partial charge >= 0.3 is 0 Å². The molecule has 1 saturated heterocycles. The summed E-state index contributed by atoms with van der Waals surface area (Å²) in [6.07, 6.45) is 7.99. The number of rotatable bonds is 7. The van der Waals surface area contributed by atoms with Gasteiger partial charge in [-0.3, -0.25) is 4.99 Å². The van der Waals surface area contributed by atoms with E-state index in [2.05, 4.69) is 26.6 Å². The Bertz CT molecular complexity index is 635. The maximum absolute atomic E-state index is 5.67. The topological polar surface area (TPSA) is 58.1 Å². The molecule has 1 aromatic carbocycles. The Hall–Kier alpha value is -1.95. The number of ether oxygens (including phenoxy) is 2. The summed E-state index contributed by atoms with van der Waals surface area (Å²) >= 11 is 0. The first-order chi connectivity index (χ1) is 13.7. The fourth-order valence-corrected chi connectivity index (χ4v) is 4.35. The van der Waals surface area contributed by atoms with Gasteiger partial charge in [0.05, 0.1) is 13.7 Å². The molecule has 0 bridgehead atoms. The van der Waals surface area contributed by atoms with Crippen molar-refractivity contribution >= 4 is 5.96 Å². The van der Waals surface area contributed by atoms with E-state index in [1.807, 2.05) is 26.1 Å². The fourth-order valence-electron chi connectivity index (χ4n) is 4.35. The molecule has 0 amide bonds. The zero-order valence-corrected chi connectivity index (χ0v) is 17.7. The smallest absolute Gasteiger partial charge is 0.191 e. The van der Waals surface area contributed by atoms with Crippen LogP contribution in [-0.4, -0.2) is 56.8 Å². The summed E-state index contributed by atoms with van der Waals surface area (Å²) in [4.78, 5) is 7.11. The second kappa shape index (κ2) is 10.6. The van der Waals surface area contributed by atoms with Crippen LogP contribution in [-0.2, 0) is 6.54 Å². The molecule has 2 N–H and O–H groups in total. The summed E-state index contributed by atoms with van der Waals surface area (Å²) in [5.41, 5.74) is 1.14. The fraction of sp³-hybridized carbons (Fsp3) is 0.682. The van der Waals surface area contributed by atoms with Crippen molar-refractivity contribution in [2.75, 3.05) is 33.9 Å². The van der Waals surface area contributed by atoms with Gasteiger partial charge < -0.3 is 25.0 Å². The SMILES string of the molecule is CCOc1cc(CNC(=NC)NC2CCN(C3CCCC3)CC2)ccc1OC. The van der Waals surface area contributed by atoms with Crippen molar-refractivity contribution in [2.24, 2.45) is 4.99 Å². The minimum absolute atomic E-state index is 0.499. The Balaban J connectivity index is 1.47. The summed E-state index contributed by atoms with van der Waals surface area (Å²) in [6.45, 7) is 5.71. The standard InChI is InChI=1S/C22H36N4O2/c1-4-28-21-15-17(9-10-20(21)27-3)16-24-22(23-2)25-18-11-13-26(14-12-18)19-7-5-6-8-19/h9-10,15,18-19H,4-8,11-14,16H2,1-3H3,(H2,23,24,25). The highest BCUT2D eigenvalue weighted by Crippen LogP contribution is 2.28. The molecule has 6 nitrogen and oxygen atoms in total. The van der Waals surface area contributed by atoms with Gasteiger partial charge in [-0.05, 0) is 50.3 Å². The van der Waals surface area contributed by atoms with Crippen molar-refractivity contribution < 1.29 is 9.47 Å². The third-order valence-electron chi connectivity index (χ3n) is 5.92. The van der Waals surface area contributed by atoms with Gasteiger partial charge in [-0.1, -0.05) is 18.9 Å². The largest absolute Gasteiger partial charge is 0.493 e. The summed E-state index contributed by atoms with van der Waals surface area (Å²) < 4.78 is 11.0. The van der Waals surface area contributed by atoms with Gasteiger partial charge in [0.1, 0.15) is 0 Å². The van der Waals surface area contributed by atoms with Crippen molar-refractivity contribution in [3.8, 4) is 11.5 Å². The lowest BCUT2D eigenvalue weighted by molar-refractivity contribution is 0.150. The van der Waals surface area contributed by atoms with Crippen LogP contribution in [0.15, 0.2) is 23.2 Å². The first-order valence-corrected chi connectivity index (χ1v) is 10.7. The predicted octanol–water partition coefficient (Wildman–Crippen LogP) is 3.17. The van der Waals surface area contributed by atoms with Gasteiger partial charge in [0.15, 0.2) is 17.5 Å². The van der Waals surface area contributed by atoms with Crippen LogP contribution in [0.3, 0.4) is 0 Å². The van der Waals surface area contributed by atoms with Crippen LogP contribution in [0.2, 0.25) is 0 Å². The molecule has 0 radical (unpaired) electrons. The maximum atomic E-state index is 5.67. The molecule has 0 unspecified atom stereocenters. The highest BCUT2D eigenvalue weighted by Gasteiger charge is 2.27. The van der Waals surface area contributed by atoms with Gasteiger partial charge in [0, 0.05) is 38.8 Å². The van der Waals surface area contributed by atoms with Gasteiger partial charge in [-0.15, -0.1) is 0 Å². The number of piperidine rings is 1. The van der Waals surface area contributed by atoms with Crippen LogP contribution in [0.4, 0.5) is 0 Å². The van der Waals surface area contributed by atoms with Crippen molar-refractivity contribution in [3.05, 3.63) is 23.8 Å². The second-order valence-electron chi connectivity index (χ2n) is 7.74. The molecular weight excluding hydrogens is 352 g/mol. The number of guanidine groups is 1. The minimum atomic E-state index is 0.499. The Labute approximate surface area is 169 Å². The second-order valence-corrected chi connectivity index (χ2v) is 7.74. The molecule has 0 atom stereocenters. The molecule has 156 valence electrons. The summed E-state index contributed by atoms with van der Waals surface area (Å²) in [5, 5.41) is 7.04. The van der Waals surface area contributed by atoms with Crippen LogP contribution < -0.4 is 20.1 Å². The van der Waals surface area contributed by atoms with Gasteiger partial charge in [-0.25, -0.2) is 0 Å². The highest BCUT2D eigenvalue weighted by atomic mass is 16.5. The molecule has 2 fully saturated rings. The molecule has 1 heterocycles. The van der Waals surface area contributed by atoms with E-state index >= 15 is 0 Å². The zero-order chi connectivity index (χ0) is 19.8. The first-order valence-electron chi connectivity index (χ1n) is 10.7. The summed E-state index contributed by atoms with van der Waals surface area (Å²) in [6, 6.07) is 7.38. The number of benzene rings is 1. The number of likely N-dealkylation sites (tertiary alicyclic amines) is 1. The van der Waals surface area contributed by atoms with Crippen molar-refractivity contribution in [2.45, 2.75) is 64.1 Å². The highest BCUT2D eigenvalue weighted by molar-refractivity contribution is 5.80. The molecular formula is C22H36N4O2. The zero-order valence-electron chi connectivity index (χ0n) is 17.7. The van der Waals surface area contributed by atoms with Crippen LogP contribution in [0.25, 0.3) is 0 Å². The number of nitrogens with one attached hydrogen (secondary N) is 2. The van der Waals surface area contributed by atoms with Crippen LogP contribution >= 0.6 is 0 Å². The van der Waals surface area contributed by atoms with Gasteiger partial charge in [0.2, 0.25) is 0 Å². The maximum Gasteiger partial charge on any atom is 0.191 e. The number of aliphatic imine (C=N–C) groups is 1. The Morgan fingerprint density at radius 1 is 1.14 bits per heavy atom. The molecule has 2 aliphatic rings. The molecule has 0 aromatic heterocycles. The van der Waals surface area contributed by atoms with Crippen molar-refractivity contribution in [3.63, 3.8) is 0 Å². The molecule has 1 aromatic rings. The molecule has 28 heavy (non-hydrogen) atoms. The van der Waals surface area contributed by atoms with E-state index in [4.69, 9.17) is 9.47 Å². The average Bonchev–Trinajstić information content (AvgIpc) is 3.27. The molecule has 1 saturated carbocycles. The molecule has 0 spiro atoms. The lowest BCUT2D eigenvalue weighted by Gasteiger charge is -2.36. The van der Waals surface area contributed by atoms with Crippen molar-refractivity contribution in [1.29, 1.82) is 0 Å². The Kier molecular flexibility index (Phi) is 7.83. The van der Waals surface area contributed by atoms with Crippen LogP contribution in [0.5, 0.6) is 11.5 Å². The minimum Gasteiger partial charge on any atom is -0.493 e. The van der Waals surface area contributed by atoms with Crippen LogP contribution in [0.1, 0.15) is 51.0 Å². The van der Waals surface area contributed by atoms with E-state index < -0.39 is 0 Å². The third kappa shape index (κ3) is 5.53. The normalized spacial score (nSPS) is 19.6. The molecule has 6 heteroatoms. The quantitative estimate of drug-likeness (QED) is 0.555. The predicted molar refractivity (Wildman–Crippen MR) is 114 cm³/mol. The number of methoxy groups -OCH3 is 1. The summed E-state index contributed by atoms with van der Waals surface area (Å²) in [5.74, 6) is 2.42. The number of hydrogen-bond donors (Lipinski definition) is 2. The van der Waals surface area contributed by atoms with Crippen molar-refractivity contribution in [1.82, 2.24) is 15.5 Å². The van der Waals surface area contributed by atoms with E-state index in [1.54, 1.807) is 7.11 Å². The summed E-state index contributed by atoms with van der Waals surface area (Å²) in [7, 11) is 3.50. The number of hydrogen-bond acceptors (Lipinski definition) is 4. The lowest BCUT2D eigenvalue weighted by atomic mass is 10.0. The Morgan fingerprint density at radius 2 is 1.89 bits per heavy atom. The van der Waals surface area contributed by atoms with E-state index in [9.17, 15) is 0 Å². The lowest BCUT2D eigenvalue weighted by Crippen LogP contribution is -2.50. The van der Waals surface area contributed by atoms with Gasteiger partial charge in [-0.2, -0.15) is 0 Å². The number of nitrogens with zero attached hydrogens (tertiary/aromatic N) is 2. The van der Waals surface area contributed by atoms with E-state index in [-0.39, 0.29) is 0 Å². The van der Waals surface area contributed by atoms with E-state index in [0.717, 1.165) is 29.1 Å². The first kappa shape index (κ1) is 20.8. The van der Waals surface area contributed by atoms with Crippen LogP contribution in [0, 0.1) is 0 Å². The monoisotopic (exact) mass is 388 g/mol. The molecule has 3 rings (SSSR count). The molecule has 1 aliphatic heterocycles. The van der Waals surface area contributed by atoms with E-state index in [1.165, 1.54) is 51.6 Å². The molecule has 1 aliphatic carbocycles. The van der Waals surface area contributed by atoms with Gasteiger partial charge in [0.25, 0.3) is 0 Å². The van der Waals surface area contributed by atoms with E-state index in [0.29, 0.717) is 19.2 Å².